The summed E-state index contributed by atoms with van der Waals surface area (Å²) in [6.45, 7) is 0. The number of nitrogens with zero attached hydrogens (tertiary/aromatic N) is 4. The second kappa shape index (κ2) is 11.6. The van der Waals surface area contributed by atoms with Crippen LogP contribution in [0, 0.1) is 0 Å². The number of hydrogen-bond donors (Lipinski definition) is 0. The van der Waals surface area contributed by atoms with Gasteiger partial charge in [0.25, 0.3) is 0 Å². The van der Waals surface area contributed by atoms with Gasteiger partial charge >= 0.3 is 0 Å². The summed E-state index contributed by atoms with van der Waals surface area (Å²) in [5.41, 5.74) is 13.8. The van der Waals surface area contributed by atoms with Crippen LogP contribution in [0.4, 0.5) is 0 Å². The molecule has 0 atom stereocenters. The maximum Gasteiger partial charge on any atom is 0.148 e. The molecule has 0 bridgehead atoms. The van der Waals surface area contributed by atoms with Crippen molar-refractivity contribution in [2.45, 2.75) is 12.8 Å². The van der Waals surface area contributed by atoms with Gasteiger partial charge in [0.2, 0.25) is 0 Å². The molecular weight excluding hydrogens is 609 g/mol. The second-order valence-electron chi connectivity index (χ2n) is 13.0. The highest BCUT2D eigenvalue weighted by molar-refractivity contribution is 6.20. The van der Waals surface area contributed by atoms with Crippen LogP contribution in [-0.4, -0.2) is 19.1 Å². The van der Waals surface area contributed by atoms with E-state index in [9.17, 15) is 0 Å². The molecular formula is C46H32N4. The van der Waals surface area contributed by atoms with Crippen molar-refractivity contribution in [3.63, 3.8) is 0 Å². The van der Waals surface area contributed by atoms with Gasteiger partial charge in [-0.2, -0.15) is 0 Å². The third kappa shape index (κ3) is 4.53. The molecule has 9 aromatic rings. The molecule has 0 saturated carbocycles. The first-order valence-corrected chi connectivity index (χ1v) is 17.2. The molecule has 0 unspecified atom stereocenters. The highest BCUT2D eigenvalue weighted by atomic mass is 15.1. The topological polar surface area (TPSA) is 35.6 Å². The number of aromatic nitrogens is 4. The van der Waals surface area contributed by atoms with Crippen molar-refractivity contribution < 1.29 is 0 Å². The van der Waals surface area contributed by atoms with Gasteiger partial charge in [-0.15, -0.1) is 0 Å². The third-order valence-corrected chi connectivity index (χ3v) is 10.1. The molecule has 0 amide bonds. The maximum absolute atomic E-state index is 5.35. The van der Waals surface area contributed by atoms with E-state index in [1.807, 2.05) is 6.07 Å². The monoisotopic (exact) mass is 640 g/mol. The van der Waals surface area contributed by atoms with Crippen LogP contribution in [0.15, 0.2) is 164 Å². The Balaban J connectivity index is 1.31. The van der Waals surface area contributed by atoms with Crippen LogP contribution in [-0.2, 0) is 6.42 Å². The van der Waals surface area contributed by atoms with Crippen molar-refractivity contribution in [1.82, 2.24) is 19.1 Å². The highest BCUT2D eigenvalue weighted by Crippen LogP contribution is 2.43. The first-order valence-electron chi connectivity index (χ1n) is 17.2. The summed E-state index contributed by atoms with van der Waals surface area (Å²) in [7, 11) is 0. The molecule has 0 fully saturated rings. The average molecular weight is 641 g/mol. The first kappa shape index (κ1) is 28.5. The Hall–Kier alpha value is -6.52. The van der Waals surface area contributed by atoms with E-state index in [1.165, 1.54) is 33.3 Å². The van der Waals surface area contributed by atoms with Gasteiger partial charge in [-0.1, -0.05) is 127 Å². The van der Waals surface area contributed by atoms with E-state index in [0.29, 0.717) is 0 Å². The van der Waals surface area contributed by atoms with Gasteiger partial charge in [-0.25, -0.2) is 9.97 Å². The summed E-state index contributed by atoms with van der Waals surface area (Å²) in [4.78, 5) is 10.7. The fourth-order valence-electron chi connectivity index (χ4n) is 7.80. The van der Waals surface area contributed by atoms with Gasteiger partial charge in [0.05, 0.1) is 27.8 Å². The van der Waals surface area contributed by atoms with Crippen molar-refractivity contribution in [1.29, 1.82) is 0 Å². The summed E-state index contributed by atoms with van der Waals surface area (Å²) in [5.74, 6) is 0.845. The van der Waals surface area contributed by atoms with Gasteiger partial charge < -0.3 is 4.57 Å². The van der Waals surface area contributed by atoms with Gasteiger partial charge in [0.1, 0.15) is 11.5 Å². The standard InChI is InChI=1S/C46H32N4/c1-5-15-31(16-6-1)34-25-26-37-39-30-47-46-44(45(39)49(42(37)28-34)36-21-11-4-12-22-36)38-23-13-14-24-41(38)50(46)43-29-35(32-17-7-2-8-18-32)27-40(48-43)33-19-9-3-10-20-33/h1-24,27-30H,25-26H2. The summed E-state index contributed by atoms with van der Waals surface area (Å²) in [6, 6.07) is 55.7. The van der Waals surface area contributed by atoms with Gasteiger partial charge in [0.15, 0.2) is 0 Å². The van der Waals surface area contributed by atoms with Gasteiger partial charge in [-0.3, -0.25) is 4.57 Å². The lowest BCUT2D eigenvalue weighted by Crippen LogP contribution is -2.03. The molecule has 4 nitrogen and oxygen atoms in total. The maximum atomic E-state index is 5.35. The quantitative estimate of drug-likeness (QED) is 0.188. The predicted octanol–water partition coefficient (Wildman–Crippen LogP) is 11.3. The molecule has 0 radical (unpaired) electrons. The van der Waals surface area contributed by atoms with Crippen LogP contribution >= 0.6 is 0 Å². The number of hydrogen-bond acceptors (Lipinski definition) is 2. The Morgan fingerprint density at radius 2 is 1.16 bits per heavy atom. The molecule has 1 aliphatic carbocycles. The van der Waals surface area contributed by atoms with Crippen molar-refractivity contribution in [3.8, 4) is 33.9 Å². The molecule has 50 heavy (non-hydrogen) atoms. The Morgan fingerprint density at radius 1 is 0.520 bits per heavy atom. The molecule has 10 rings (SSSR count). The second-order valence-corrected chi connectivity index (χ2v) is 13.0. The third-order valence-electron chi connectivity index (χ3n) is 10.1. The highest BCUT2D eigenvalue weighted by Gasteiger charge is 2.27. The minimum atomic E-state index is 0.845. The molecule has 0 spiro atoms. The molecule has 4 heteroatoms. The van der Waals surface area contributed by atoms with Gasteiger partial charge in [-0.05, 0) is 77.1 Å². The minimum Gasteiger partial charge on any atom is -0.309 e. The summed E-state index contributed by atoms with van der Waals surface area (Å²) >= 11 is 0. The Morgan fingerprint density at radius 3 is 1.90 bits per heavy atom. The lowest BCUT2D eigenvalue weighted by molar-refractivity contribution is 0.981. The van der Waals surface area contributed by atoms with Crippen molar-refractivity contribution in [2.24, 2.45) is 0 Å². The molecule has 0 saturated heterocycles. The number of allylic oxidation sites excluding steroid dienone is 1. The number of para-hydroxylation sites is 2. The van der Waals surface area contributed by atoms with Crippen molar-refractivity contribution in [2.75, 3.05) is 0 Å². The minimum absolute atomic E-state index is 0.845. The van der Waals surface area contributed by atoms with Gasteiger partial charge in [0, 0.05) is 28.2 Å². The number of fused-ring (bicyclic) bond motifs is 7. The lowest BCUT2D eigenvalue weighted by atomic mass is 9.91. The Kier molecular flexibility index (Phi) is 6.59. The molecule has 0 N–H and O–H groups in total. The van der Waals surface area contributed by atoms with Crippen LogP contribution in [0.1, 0.15) is 23.2 Å². The van der Waals surface area contributed by atoms with Crippen LogP contribution < -0.4 is 0 Å². The average Bonchev–Trinajstić information content (AvgIpc) is 3.71. The zero-order chi connectivity index (χ0) is 33.0. The zero-order valence-electron chi connectivity index (χ0n) is 27.4. The fourth-order valence-corrected chi connectivity index (χ4v) is 7.80. The lowest BCUT2D eigenvalue weighted by Gasteiger charge is -2.17. The van der Waals surface area contributed by atoms with E-state index in [0.717, 1.165) is 68.7 Å². The number of benzene rings is 5. The smallest absolute Gasteiger partial charge is 0.148 e. The van der Waals surface area contributed by atoms with E-state index >= 15 is 0 Å². The SMILES string of the molecule is C1=C(c2ccccc2)CCc2c1n(-c1ccccc1)c1c2cnc2c1c1ccccc1n2-c1cc(-c2ccccc2)cc(-c2ccccc2)n1. The molecule has 5 aromatic carbocycles. The summed E-state index contributed by atoms with van der Waals surface area (Å²) in [5, 5.41) is 3.51. The summed E-state index contributed by atoms with van der Waals surface area (Å²) < 4.78 is 4.73. The Labute approximate surface area is 290 Å². The van der Waals surface area contributed by atoms with E-state index in [-0.39, 0.29) is 0 Å². The largest absolute Gasteiger partial charge is 0.309 e. The molecule has 236 valence electrons. The predicted molar refractivity (Wildman–Crippen MR) is 207 cm³/mol. The van der Waals surface area contributed by atoms with Crippen LogP contribution in [0.3, 0.4) is 0 Å². The van der Waals surface area contributed by atoms with Crippen LogP contribution in [0.25, 0.3) is 78.4 Å². The van der Waals surface area contributed by atoms with E-state index < -0.39 is 0 Å². The van der Waals surface area contributed by atoms with Crippen molar-refractivity contribution >= 4 is 44.5 Å². The Bertz CT molecular complexity index is 2660. The summed E-state index contributed by atoms with van der Waals surface area (Å²) in [6.07, 6.45) is 6.46. The first-order chi connectivity index (χ1) is 24.8. The zero-order valence-corrected chi connectivity index (χ0v) is 27.4. The van der Waals surface area contributed by atoms with Crippen LogP contribution in [0.5, 0.6) is 0 Å². The van der Waals surface area contributed by atoms with E-state index in [4.69, 9.17) is 9.97 Å². The molecule has 1 aliphatic rings. The normalized spacial score (nSPS) is 12.8. The molecule has 0 aliphatic heterocycles. The van der Waals surface area contributed by atoms with E-state index in [1.54, 1.807) is 0 Å². The molecule has 4 aromatic heterocycles. The van der Waals surface area contributed by atoms with E-state index in [2.05, 4.69) is 173 Å². The number of rotatable bonds is 5. The number of pyridine rings is 2. The fraction of sp³-hybridized carbons (Fsp3) is 0.0435. The van der Waals surface area contributed by atoms with Crippen LogP contribution in [0.2, 0.25) is 0 Å². The molecule has 4 heterocycles. The number of aryl methyl sites for hydroxylation is 1. The van der Waals surface area contributed by atoms with Crippen molar-refractivity contribution in [3.05, 3.63) is 181 Å².